The van der Waals surface area contributed by atoms with Gasteiger partial charge in [0, 0.05) is 13.5 Å². The first kappa shape index (κ1) is 25.3. The number of sulfonamides is 2. The Morgan fingerprint density at radius 3 is 2.12 bits per heavy atom. The molecule has 0 saturated heterocycles. The zero-order valence-corrected chi connectivity index (χ0v) is 19.3. The third-order valence-electron chi connectivity index (χ3n) is 4.83. The van der Waals surface area contributed by atoms with Crippen LogP contribution < -0.4 is 9.03 Å². The Balaban J connectivity index is 2.51. The van der Waals surface area contributed by atoms with Crippen LogP contribution in [0.1, 0.15) is 24.0 Å². The largest absolute Gasteiger partial charge is 0.481 e. The van der Waals surface area contributed by atoms with Crippen LogP contribution in [0.4, 0.5) is 5.69 Å². The first-order valence-electron chi connectivity index (χ1n) is 9.40. The molecule has 0 aliphatic heterocycles. The molecule has 0 heterocycles. The van der Waals surface area contributed by atoms with Crippen molar-refractivity contribution in [2.24, 2.45) is 0 Å². The quantitative estimate of drug-likeness (QED) is 0.460. The summed E-state index contributed by atoms with van der Waals surface area (Å²) >= 11 is 0. The van der Waals surface area contributed by atoms with Gasteiger partial charge in [0.25, 0.3) is 10.0 Å². The molecule has 174 valence electrons. The average Bonchev–Trinajstić information content (AvgIpc) is 2.71. The molecule has 2 rings (SSSR count). The third kappa shape index (κ3) is 5.44. The zero-order chi connectivity index (χ0) is 24.3. The van der Waals surface area contributed by atoms with Gasteiger partial charge in [-0.2, -0.15) is 4.72 Å². The summed E-state index contributed by atoms with van der Waals surface area (Å²) in [6.07, 6.45) is -1.00. The van der Waals surface area contributed by atoms with E-state index >= 15 is 0 Å². The number of benzene rings is 2. The standard InChI is InChI=1S/C20H24N2O8S2/c1-13-9-11-17(31(27,28)21-16(20(25)26)10-12-18(23)24)14(2)19(13)22(3)32(29,30)15-7-5-4-6-8-15/h4-9,11,16,21H,10,12H2,1-3H3,(H,23,24)(H,25,26). The number of carboxylic acid groups (broad SMARTS) is 2. The summed E-state index contributed by atoms with van der Waals surface area (Å²) in [6.45, 7) is 3.04. The minimum absolute atomic E-state index is 0.0206. The van der Waals surface area contributed by atoms with Crippen LogP contribution >= 0.6 is 0 Å². The number of hydrogen-bond acceptors (Lipinski definition) is 6. The number of hydrogen-bond donors (Lipinski definition) is 3. The Bertz CT molecular complexity index is 1230. The molecule has 10 nitrogen and oxygen atoms in total. The fourth-order valence-electron chi connectivity index (χ4n) is 3.21. The van der Waals surface area contributed by atoms with Crippen molar-refractivity contribution in [1.29, 1.82) is 0 Å². The van der Waals surface area contributed by atoms with Crippen LogP contribution in [-0.2, 0) is 29.6 Å². The van der Waals surface area contributed by atoms with Gasteiger partial charge < -0.3 is 10.2 Å². The number of aryl methyl sites for hydroxylation is 1. The lowest BCUT2D eigenvalue weighted by Gasteiger charge is -2.25. The van der Waals surface area contributed by atoms with Gasteiger partial charge in [-0.3, -0.25) is 13.9 Å². The number of aliphatic carboxylic acids is 2. The summed E-state index contributed by atoms with van der Waals surface area (Å²) in [5.74, 6) is -2.79. The van der Waals surface area contributed by atoms with Crippen molar-refractivity contribution in [1.82, 2.24) is 4.72 Å². The van der Waals surface area contributed by atoms with Gasteiger partial charge in [-0.1, -0.05) is 24.3 Å². The second-order valence-corrected chi connectivity index (χ2v) is 10.7. The molecule has 12 heteroatoms. The second kappa shape index (κ2) is 9.67. The van der Waals surface area contributed by atoms with Crippen LogP contribution in [-0.4, -0.2) is 52.1 Å². The number of rotatable bonds is 10. The topological polar surface area (TPSA) is 158 Å². The Hall–Kier alpha value is -2.96. The van der Waals surface area contributed by atoms with Gasteiger partial charge in [-0.25, -0.2) is 16.8 Å². The first-order chi connectivity index (χ1) is 14.8. The number of carboxylic acids is 2. The Morgan fingerprint density at radius 2 is 1.59 bits per heavy atom. The fourth-order valence-corrected chi connectivity index (χ4v) is 6.02. The minimum Gasteiger partial charge on any atom is -0.481 e. The summed E-state index contributed by atoms with van der Waals surface area (Å²) in [6, 6.07) is 8.62. The second-order valence-electron chi connectivity index (χ2n) is 7.08. The van der Waals surface area contributed by atoms with Gasteiger partial charge in [-0.15, -0.1) is 0 Å². The minimum atomic E-state index is -4.41. The molecular weight excluding hydrogens is 460 g/mol. The number of nitrogens with one attached hydrogen (secondary N) is 1. The lowest BCUT2D eigenvalue weighted by molar-refractivity contribution is -0.140. The fraction of sp³-hybridized carbons (Fsp3) is 0.300. The highest BCUT2D eigenvalue weighted by Gasteiger charge is 2.30. The monoisotopic (exact) mass is 484 g/mol. The molecule has 1 atom stereocenters. The molecule has 0 aromatic heterocycles. The number of nitrogens with zero attached hydrogens (tertiary/aromatic N) is 1. The smallest absolute Gasteiger partial charge is 0.321 e. The molecule has 2 aromatic rings. The van der Waals surface area contributed by atoms with Crippen molar-refractivity contribution < 1.29 is 36.6 Å². The van der Waals surface area contributed by atoms with Crippen LogP contribution in [0.3, 0.4) is 0 Å². The summed E-state index contributed by atoms with van der Waals surface area (Å²) in [5.41, 5.74) is 0.722. The maximum absolute atomic E-state index is 13.0. The van der Waals surface area contributed by atoms with E-state index in [0.717, 1.165) is 4.31 Å². The summed E-state index contributed by atoms with van der Waals surface area (Å²) < 4.78 is 54.9. The molecule has 0 fully saturated rings. The van der Waals surface area contributed by atoms with Crippen LogP contribution in [0.25, 0.3) is 0 Å². The van der Waals surface area contributed by atoms with Crippen molar-refractivity contribution in [2.45, 2.75) is 42.5 Å². The van der Waals surface area contributed by atoms with Crippen molar-refractivity contribution in [3.05, 3.63) is 53.6 Å². The van der Waals surface area contributed by atoms with Crippen LogP contribution in [0.2, 0.25) is 0 Å². The molecule has 0 bridgehead atoms. The zero-order valence-electron chi connectivity index (χ0n) is 17.6. The van der Waals surface area contributed by atoms with Crippen molar-refractivity contribution in [3.63, 3.8) is 0 Å². The average molecular weight is 485 g/mol. The van der Waals surface area contributed by atoms with Crippen LogP contribution in [0, 0.1) is 13.8 Å². The maximum atomic E-state index is 13.0. The van der Waals surface area contributed by atoms with E-state index in [-0.39, 0.29) is 21.0 Å². The third-order valence-corrected chi connectivity index (χ3v) is 8.22. The molecule has 2 aromatic carbocycles. The molecule has 0 aliphatic rings. The van der Waals surface area contributed by atoms with Crippen molar-refractivity contribution >= 4 is 37.7 Å². The summed E-state index contributed by atoms with van der Waals surface area (Å²) in [5, 5.41) is 18.0. The first-order valence-corrected chi connectivity index (χ1v) is 12.3. The Labute approximate surface area is 186 Å². The lowest BCUT2D eigenvalue weighted by atomic mass is 10.1. The van der Waals surface area contributed by atoms with E-state index in [1.165, 1.54) is 38.2 Å². The molecule has 0 radical (unpaired) electrons. The van der Waals surface area contributed by atoms with E-state index in [1.807, 2.05) is 4.72 Å². The predicted octanol–water partition coefficient (Wildman–Crippen LogP) is 1.72. The van der Waals surface area contributed by atoms with Gasteiger partial charge in [-0.05, 0) is 49.6 Å². The molecular formula is C20H24N2O8S2. The maximum Gasteiger partial charge on any atom is 0.321 e. The lowest BCUT2D eigenvalue weighted by Crippen LogP contribution is -2.41. The van der Waals surface area contributed by atoms with E-state index in [4.69, 9.17) is 5.11 Å². The highest BCUT2D eigenvalue weighted by molar-refractivity contribution is 7.92. The molecule has 1 unspecified atom stereocenters. The summed E-state index contributed by atoms with van der Waals surface area (Å²) in [4.78, 5) is 21.9. The van der Waals surface area contributed by atoms with Gasteiger partial charge in [0.2, 0.25) is 10.0 Å². The molecule has 0 amide bonds. The van der Waals surface area contributed by atoms with Crippen LogP contribution in [0.5, 0.6) is 0 Å². The van der Waals surface area contributed by atoms with Crippen molar-refractivity contribution in [3.8, 4) is 0 Å². The van der Waals surface area contributed by atoms with Crippen LogP contribution in [0.15, 0.2) is 52.3 Å². The SMILES string of the molecule is Cc1ccc(S(=O)(=O)NC(CCC(=O)O)C(=O)O)c(C)c1N(C)S(=O)(=O)c1ccccc1. The van der Waals surface area contributed by atoms with E-state index in [0.29, 0.717) is 5.56 Å². The number of anilines is 1. The molecule has 0 spiro atoms. The Kier molecular flexibility index (Phi) is 7.65. The normalized spacial score (nSPS) is 12.8. The molecule has 3 N–H and O–H groups in total. The predicted molar refractivity (Wildman–Crippen MR) is 117 cm³/mol. The van der Waals surface area contributed by atoms with Gasteiger partial charge >= 0.3 is 11.9 Å². The number of carbonyl (C=O) groups is 2. The molecule has 0 aliphatic carbocycles. The van der Waals surface area contributed by atoms with E-state index in [2.05, 4.69) is 0 Å². The molecule has 32 heavy (non-hydrogen) atoms. The van der Waals surface area contributed by atoms with Gasteiger partial charge in [0.05, 0.1) is 15.5 Å². The highest BCUT2D eigenvalue weighted by Crippen LogP contribution is 2.33. The Morgan fingerprint density at radius 1 is 1.00 bits per heavy atom. The van der Waals surface area contributed by atoms with E-state index in [1.54, 1.807) is 25.1 Å². The van der Waals surface area contributed by atoms with E-state index < -0.39 is 50.9 Å². The molecule has 0 saturated carbocycles. The van der Waals surface area contributed by atoms with Gasteiger partial charge in [0.15, 0.2) is 0 Å². The summed E-state index contributed by atoms with van der Waals surface area (Å²) in [7, 11) is -7.11. The van der Waals surface area contributed by atoms with Gasteiger partial charge in [0.1, 0.15) is 6.04 Å². The van der Waals surface area contributed by atoms with Crippen molar-refractivity contribution in [2.75, 3.05) is 11.4 Å². The van der Waals surface area contributed by atoms with E-state index in [9.17, 15) is 31.5 Å². The highest BCUT2D eigenvalue weighted by atomic mass is 32.2.